The first-order chi connectivity index (χ1) is 4.74. The van der Waals surface area contributed by atoms with Gasteiger partial charge in [-0.25, -0.2) is 9.37 Å². The Labute approximate surface area is 57.9 Å². The van der Waals surface area contributed by atoms with Crippen LogP contribution >= 0.6 is 0 Å². The fraction of sp³-hybridized carbons (Fsp3) is 0.167. The highest BCUT2D eigenvalue weighted by molar-refractivity contribution is 5.29. The Morgan fingerprint density at radius 1 is 1.50 bits per heavy atom. The van der Waals surface area contributed by atoms with E-state index in [-0.39, 0.29) is 12.2 Å². The molecule has 0 aliphatic heterocycles. The minimum atomic E-state index is -0.406. The molecule has 1 aromatic heterocycles. The van der Waals surface area contributed by atoms with Crippen molar-refractivity contribution in [2.24, 2.45) is 5.73 Å². The van der Waals surface area contributed by atoms with Gasteiger partial charge in [0.25, 0.3) is 0 Å². The molecular weight excluding hydrogens is 133 g/mol. The predicted octanol–water partition coefficient (Wildman–Crippen LogP) is 0.262. The van der Waals surface area contributed by atoms with Crippen LogP contribution in [0.1, 0.15) is 5.69 Å². The van der Waals surface area contributed by atoms with Crippen molar-refractivity contribution in [3.63, 3.8) is 0 Å². The van der Waals surface area contributed by atoms with Crippen LogP contribution in [0, 0.1) is 5.82 Å². The van der Waals surface area contributed by atoms with Crippen LogP contribution < -0.4 is 11.5 Å². The van der Waals surface area contributed by atoms with Crippen molar-refractivity contribution in [3.8, 4) is 0 Å². The van der Waals surface area contributed by atoms with E-state index in [1.54, 1.807) is 0 Å². The molecule has 0 radical (unpaired) electrons. The van der Waals surface area contributed by atoms with Crippen molar-refractivity contribution in [2.75, 3.05) is 5.73 Å². The van der Waals surface area contributed by atoms with E-state index in [4.69, 9.17) is 11.5 Å². The van der Waals surface area contributed by atoms with E-state index < -0.39 is 5.82 Å². The van der Waals surface area contributed by atoms with Gasteiger partial charge in [0.05, 0.1) is 5.69 Å². The summed E-state index contributed by atoms with van der Waals surface area (Å²) < 4.78 is 12.6. The summed E-state index contributed by atoms with van der Waals surface area (Å²) in [5.41, 5.74) is 10.6. The minimum absolute atomic E-state index is 0.0802. The maximum absolute atomic E-state index is 12.6. The van der Waals surface area contributed by atoms with Crippen molar-refractivity contribution in [1.29, 1.82) is 0 Å². The molecule has 0 bridgehead atoms. The molecule has 0 spiro atoms. The average molecular weight is 141 g/mol. The van der Waals surface area contributed by atoms with Crippen molar-refractivity contribution >= 4 is 5.82 Å². The van der Waals surface area contributed by atoms with Crippen LogP contribution in [0.15, 0.2) is 12.1 Å². The normalized spacial score (nSPS) is 9.80. The number of rotatable bonds is 1. The largest absolute Gasteiger partial charge is 0.384 e. The highest BCUT2D eigenvalue weighted by atomic mass is 19.1. The number of hydrogen-bond donors (Lipinski definition) is 2. The molecule has 0 amide bonds. The van der Waals surface area contributed by atoms with E-state index in [1.807, 2.05) is 0 Å². The van der Waals surface area contributed by atoms with Gasteiger partial charge in [-0.05, 0) is 12.1 Å². The summed E-state index contributed by atoms with van der Waals surface area (Å²) >= 11 is 0. The first kappa shape index (κ1) is 6.95. The van der Waals surface area contributed by atoms with Gasteiger partial charge in [0, 0.05) is 6.54 Å². The van der Waals surface area contributed by atoms with Gasteiger partial charge in [-0.3, -0.25) is 0 Å². The zero-order valence-electron chi connectivity index (χ0n) is 5.34. The van der Waals surface area contributed by atoms with Crippen molar-refractivity contribution < 1.29 is 4.39 Å². The molecule has 1 aromatic rings. The second-order valence-corrected chi connectivity index (χ2v) is 1.87. The summed E-state index contributed by atoms with van der Waals surface area (Å²) in [6.45, 7) is 0.0802. The Kier molecular flexibility index (Phi) is 1.82. The second-order valence-electron chi connectivity index (χ2n) is 1.87. The molecule has 0 aliphatic carbocycles. The standard InChI is InChI=1S/C6H8FN3/c7-4-1-2-6(9)10-5(4)3-8/h1-2H,3,8H2,(H2,9,10). The van der Waals surface area contributed by atoms with E-state index in [0.29, 0.717) is 5.82 Å². The molecule has 3 nitrogen and oxygen atoms in total. The SMILES string of the molecule is NCc1nc(N)ccc1F. The molecule has 4 N–H and O–H groups in total. The molecule has 0 fully saturated rings. The third-order valence-corrected chi connectivity index (χ3v) is 1.13. The number of anilines is 1. The first-order valence-corrected chi connectivity index (χ1v) is 2.85. The average Bonchev–Trinajstić information content (AvgIpc) is 1.94. The van der Waals surface area contributed by atoms with Crippen LogP contribution in [-0.2, 0) is 6.54 Å². The zero-order chi connectivity index (χ0) is 7.56. The van der Waals surface area contributed by atoms with E-state index in [0.717, 1.165) is 0 Å². The summed E-state index contributed by atoms with van der Waals surface area (Å²) in [5.74, 6) is -0.112. The molecule has 1 rings (SSSR count). The summed E-state index contributed by atoms with van der Waals surface area (Å²) in [6, 6.07) is 2.65. The molecular formula is C6H8FN3. The number of pyridine rings is 1. The predicted molar refractivity (Wildman–Crippen MR) is 36.5 cm³/mol. The number of nitrogens with two attached hydrogens (primary N) is 2. The van der Waals surface area contributed by atoms with Gasteiger partial charge in [0.2, 0.25) is 0 Å². The lowest BCUT2D eigenvalue weighted by Gasteiger charge is -1.97. The Morgan fingerprint density at radius 3 is 2.70 bits per heavy atom. The van der Waals surface area contributed by atoms with Gasteiger partial charge in [0.15, 0.2) is 0 Å². The number of hydrogen-bond acceptors (Lipinski definition) is 3. The summed E-state index contributed by atoms with van der Waals surface area (Å²) in [4.78, 5) is 3.67. The molecule has 0 saturated heterocycles. The van der Waals surface area contributed by atoms with Crippen molar-refractivity contribution in [2.45, 2.75) is 6.54 Å². The van der Waals surface area contributed by atoms with Gasteiger partial charge >= 0.3 is 0 Å². The quantitative estimate of drug-likeness (QED) is 0.589. The smallest absolute Gasteiger partial charge is 0.146 e. The highest BCUT2D eigenvalue weighted by Gasteiger charge is 1.99. The number of aromatic nitrogens is 1. The molecule has 54 valence electrons. The van der Waals surface area contributed by atoms with Crippen LogP contribution in [0.3, 0.4) is 0 Å². The first-order valence-electron chi connectivity index (χ1n) is 2.85. The maximum Gasteiger partial charge on any atom is 0.146 e. The lowest BCUT2D eigenvalue weighted by molar-refractivity contribution is 0.600. The molecule has 0 atom stereocenters. The van der Waals surface area contributed by atoms with E-state index in [9.17, 15) is 4.39 Å². The molecule has 0 unspecified atom stereocenters. The Balaban J connectivity index is 3.09. The highest BCUT2D eigenvalue weighted by Crippen LogP contribution is 2.05. The molecule has 4 heteroatoms. The Morgan fingerprint density at radius 2 is 2.20 bits per heavy atom. The fourth-order valence-corrected chi connectivity index (χ4v) is 0.644. The topological polar surface area (TPSA) is 64.9 Å². The van der Waals surface area contributed by atoms with Crippen LogP contribution in [0.2, 0.25) is 0 Å². The van der Waals surface area contributed by atoms with E-state index >= 15 is 0 Å². The molecule has 0 aromatic carbocycles. The van der Waals surface area contributed by atoms with Crippen LogP contribution in [0.4, 0.5) is 10.2 Å². The fourth-order valence-electron chi connectivity index (χ4n) is 0.644. The molecule has 0 aliphatic rings. The van der Waals surface area contributed by atoms with Crippen molar-refractivity contribution in [1.82, 2.24) is 4.98 Å². The molecule has 10 heavy (non-hydrogen) atoms. The molecule has 1 heterocycles. The van der Waals surface area contributed by atoms with E-state index in [1.165, 1.54) is 12.1 Å². The van der Waals surface area contributed by atoms with Gasteiger partial charge < -0.3 is 11.5 Å². The summed E-state index contributed by atoms with van der Waals surface area (Å²) in [6.07, 6.45) is 0. The van der Waals surface area contributed by atoms with E-state index in [2.05, 4.69) is 4.98 Å². The monoisotopic (exact) mass is 141 g/mol. The summed E-state index contributed by atoms with van der Waals surface area (Å²) in [7, 11) is 0. The Hall–Kier alpha value is -1.16. The summed E-state index contributed by atoms with van der Waals surface area (Å²) in [5, 5.41) is 0. The zero-order valence-corrected chi connectivity index (χ0v) is 5.34. The van der Waals surface area contributed by atoms with Crippen LogP contribution in [-0.4, -0.2) is 4.98 Å². The number of nitrogen functional groups attached to an aromatic ring is 1. The van der Waals surface area contributed by atoms with Gasteiger partial charge in [0.1, 0.15) is 11.6 Å². The maximum atomic E-state index is 12.6. The number of halogens is 1. The van der Waals surface area contributed by atoms with Crippen molar-refractivity contribution in [3.05, 3.63) is 23.6 Å². The number of nitrogens with zero attached hydrogens (tertiary/aromatic N) is 1. The van der Waals surface area contributed by atoms with Crippen LogP contribution in [0.25, 0.3) is 0 Å². The van der Waals surface area contributed by atoms with Gasteiger partial charge in [-0.15, -0.1) is 0 Å². The molecule has 0 saturated carbocycles. The van der Waals surface area contributed by atoms with Gasteiger partial charge in [-0.2, -0.15) is 0 Å². The second kappa shape index (κ2) is 2.62. The van der Waals surface area contributed by atoms with Crippen LogP contribution in [0.5, 0.6) is 0 Å². The minimum Gasteiger partial charge on any atom is -0.384 e. The van der Waals surface area contributed by atoms with Gasteiger partial charge in [-0.1, -0.05) is 0 Å². The third-order valence-electron chi connectivity index (χ3n) is 1.13. The third kappa shape index (κ3) is 1.22. The Bertz CT molecular complexity index is 236. The lowest BCUT2D eigenvalue weighted by Crippen LogP contribution is -2.04. The lowest BCUT2D eigenvalue weighted by atomic mass is 10.3.